The molecule has 2 fully saturated rings. The van der Waals surface area contributed by atoms with E-state index in [1.54, 1.807) is 0 Å². The Hall–Kier alpha value is -1.39. The number of benzene rings is 1. The third-order valence-electron chi connectivity index (χ3n) is 4.39. The van der Waals surface area contributed by atoms with Gasteiger partial charge in [-0.05, 0) is 38.3 Å². The number of carbonyl (C=O) groups excluding carboxylic acids is 1. The Morgan fingerprint density at radius 2 is 1.90 bits per heavy atom. The SMILES string of the molecule is Cc1ccc(N2CCCC(N3CC[C@H](O)C3)C2=O)cc1. The highest BCUT2D eigenvalue weighted by atomic mass is 16.3. The van der Waals surface area contributed by atoms with Gasteiger partial charge in [-0.15, -0.1) is 0 Å². The van der Waals surface area contributed by atoms with Crippen molar-refractivity contribution in [2.45, 2.75) is 38.3 Å². The van der Waals surface area contributed by atoms with Crippen molar-refractivity contribution in [1.29, 1.82) is 0 Å². The zero-order valence-electron chi connectivity index (χ0n) is 12.0. The Morgan fingerprint density at radius 3 is 2.55 bits per heavy atom. The minimum absolute atomic E-state index is 0.0535. The monoisotopic (exact) mass is 274 g/mol. The molecule has 0 aliphatic carbocycles. The lowest BCUT2D eigenvalue weighted by molar-refractivity contribution is -0.125. The minimum Gasteiger partial charge on any atom is -0.392 e. The molecule has 1 unspecified atom stereocenters. The maximum absolute atomic E-state index is 12.7. The quantitative estimate of drug-likeness (QED) is 0.890. The average Bonchev–Trinajstić information content (AvgIpc) is 2.87. The van der Waals surface area contributed by atoms with Crippen LogP contribution in [0.25, 0.3) is 0 Å². The smallest absolute Gasteiger partial charge is 0.244 e. The molecule has 0 radical (unpaired) electrons. The van der Waals surface area contributed by atoms with Crippen LogP contribution in [0.3, 0.4) is 0 Å². The van der Waals surface area contributed by atoms with Gasteiger partial charge in [-0.1, -0.05) is 17.7 Å². The van der Waals surface area contributed by atoms with Crippen LogP contribution in [0.15, 0.2) is 24.3 Å². The van der Waals surface area contributed by atoms with Crippen molar-refractivity contribution in [3.8, 4) is 0 Å². The molecule has 2 aliphatic rings. The molecule has 20 heavy (non-hydrogen) atoms. The average molecular weight is 274 g/mol. The van der Waals surface area contributed by atoms with Crippen molar-refractivity contribution in [3.05, 3.63) is 29.8 Å². The maximum atomic E-state index is 12.7. The van der Waals surface area contributed by atoms with E-state index in [2.05, 4.69) is 11.8 Å². The first kappa shape index (κ1) is 13.6. The number of aryl methyl sites for hydroxylation is 1. The number of nitrogens with zero attached hydrogens (tertiary/aromatic N) is 2. The van der Waals surface area contributed by atoms with Crippen LogP contribution in [0.2, 0.25) is 0 Å². The fourth-order valence-corrected chi connectivity index (χ4v) is 3.23. The van der Waals surface area contributed by atoms with Crippen molar-refractivity contribution in [2.24, 2.45) is 0 Å². The molecule has 4 nitrogen and oxygen atoms in total. The lowest BCUT2D eigenvalue weighted by Crippen LogP contribution is -2.52. The lowest BCUT2D eigenvalue weighted by atomic mass is 10.0. The van der Waals surface area contributed by atoms with Crippen LogP contribution in [0.5, 0.6) is 0 Å². The van der Waals surface area contributed by atoms with Gasteiger partial charge in [0.1, 0.15) is 0 Å². The summed E-state index contributed by atoms with van der Waals surface area (Å²) in [5.41, 5.74) is 2.20. The van der Waals surface area contributed by atoms with Crippen molar-refractivity contribution >= 4 is 11.6 Å². The van der Waals surface area contributed by atoms with Gasteiger partial charge >= 0.3 is 0 Å². The topological polar surface area (TPSA) is 43.8 Å². The number of hydrogen-bond donors (Lipinski definition) is 1. The normalized spacial score (nSPS) is 28.1. The molecule has 1 aromatic carbocycles. The molecule has 0 spiro atoms. The molecule has 0 bridgehead atoms. The van der Waals surface area contributed by atoms with Gasteiger partial charge in [0.25, 0.3) is 0 Å². The molecule has 1 aromatic rings. The summed E-state index contributed by atoms with van der Waals surface area (Å²) >= 11 is 0. The number of piperidine rings is 1. The van der Waals surface area contributed by atoms with Crippen LogP contribution in [-0.2, 0) is 4.79 Å². The number of amides is 1. The number of carbonyl (C=O) groups is 1. The van der Waals surface area contributed by atoms with Gasteiger partial charge in [0.05, 0.1) is 12.1 Å². The van der Waals surface area contributed by atoms with Crippen molar-refractivity contribution in [3.63, 3.8) is 0 Å². The molecule has 0 aromatic heterocycles. The van der Waals surface area contributed by atoms with Crippen LogP contribution < -0.4 is 4.90 Å². The van der Waals surface area contributed by atoms with E-state index in [1.807, 2.05) is 29.2 Å². The summed E-state index contributed by atoms with van der Waals surface area (Å²) in [6, 6.07) is 8.09. The summed E-state index contributed by atoms with van der Waals surface area (Å²) in [5.74, 6) is 0.189. The van der Waals surface area contributed by atoms with Crippen LogP contribution in [0.1, 0.15) is 24.8 Å². The molecule has 0 saturated carbocycles. The number of β-amino-alcohol motifs (C(OH)–C–C–N with tert-alkyl or cyclic N) is 1. The largest absolute Gasteiger partial charge is 0.392 e. The summed E-state index contributed by atoms with van der Waals surface area (Å²) in [6.07, 6.45) is 2.46. The molecule has 1 N–H and O–H groups in total. The molecule has 108 valence electrons. The van der Waals surface area contributed by atoms with Crippen LogP contribution in [-0.4, -0.2) is 47.7 Å². The fourth-order valence-electron chi connectivity index (χ4n) is 3.23. The second kappa shape index (κ2) is 5.54. The standard InChI is InChI=1S/C16H22N2O2/c1-12-4-6-13(7-5-12)18-9-2-3-15(16(18)20)17-10-8-14(19)11-17/h4-7,14-15,19H,2-3,8-11H2,1H3/t14-,15?/m0/s1. The van der Waals surface area contributed by atoms with Crippen molar-refractivity contribution < 1.29 is 9.90 Å². The Kier molecular flexibility index (Phi) is 3.76. The highest BCUT2D eigenvalue weighted by molar-refractivity contribution is 5.97. The Bertz CT molecular complexity index is 486. The molecule has 2 saturated heterocycles. The Labute approximate surface area is 120 Å². The molecular weight excluding hydrogens is 252 g/mol. The van der Waals surface area contributed by atoms with Crippen LogP contribution in [0.4, 0.5) is 5.69 Å². The molecule has 2 heterocycles. The summed E-state index contributed by atoms with van der Waals surface area (Å²) < 4.78 is 0. The second-order valence-electron chi connectivity index (χ2n) is 5.92. The van der Waals surface area contributed by atoms with Crippen molar-refractivity contribution in [2.75, 3.05) is 24.5 Å². The first-order valence-corrected chi connectivity index (χ1v) is 7.45. The highest BCUT2D eigenvalue weighted by Gasteiger charge is 2.36. The molecule has 2 aliphatic heterocycles. The Balaban J connectivity index is 1.76. The summed E-state index contributed by atoms with van der Waals surface area (Å²) in [7, 11) is 0. The Morgan fingerprint density at radius 1 is 1.15 bits per heavy atom. The third-order valence-corrected chi connectivity index (χ3v) is 4.39. The van der Waals surface area contributed by atoms with E-state index in [0.717, 1.165) is 38.0 Å². The van der Waals surface area contributed by atoms with Gasteiger partial charge in [-0.2, -0.15) is 0 Å². The zero-order chi connectivity index (χ0) is 14.1. The first-order chi connectivity index (χ1) is 9.65. The maximum Gasteiger partial charge on any atom is 0.244 e. The van der Waals surface area contributed by atoms with E-state index in [9.17, 15) is 9.90 Å². The summed E-state index contributed by atoms with van der Waals surface area (Å²) in [5, 5.41) is 9.66. The van der Waals surface area contributed by atoms with E-state index in [0.29, 0.717) is 6.54 Å². The predicted molar refractivity (Wildman–Crippen MR) is 78.8 cm³/mol. The first-order valence-electron chi connectivity index (χ1n) is 7.45. The van der Waals surface area contributed by atoms with Gasteiger partial charge < -0.3 is 10.0 Å². The highest BCUT2D eigenvalue weighted by Crippen LogP contribution is 2.26. The van der Waals surface area contributed by atoms with Gasteiger partial charge in [0.15, 0.2) is 0 Å². The van der Waals surface area contributed by atoms with Gasteiger partial charge in [-0.3, -0.25) is 9.69 Å². The number of likely N-dealkylation sites (tertiary alicyclic amines) is 1. The van der Waals surface area contributed by atoms with Gasteiger partial charge in [0, 0.05) is 25.3 Å². The number of aliphatic hydroxyl groups excluding tert-OH is 1. The third kappa shape index (κ3) is 2.58. The molecule has 2 atom stereocenters. The summed E-state index contributed by atoms with van der Waals surface area (Å²) in [6.45, 7) is 4.32. The number of rotatable bonds is 2. The second-order valence-corrected chi connectivity index (χ2v) is 5.92. The summed E-state index contributed by atoms with van der Waals surface area (Å²) in [4.78, 5) is 16.8. The minimum atomic E-state index is -0.266. The number of hydrogen-bond acceptors (Lipinski definition) is 3. The van der Waals surface area contributed by atoms with E-state index in [4.69, 9.17) is 0 Å². The van der Waals surface area contributed by atoms with Crippen LogP contribution >= 0.6 is 0 Å². The van der Waals surface area contributed by atoms with E-state index in [1.165, 1.54) is 5.56 Å². The number of aliphatic hydroxyl groups is 1. The van der Waals surface area contributed by atoms with E-state index in [-0.39, 0.29) is 18.1 Å². The van der Waals surface area contributed by atoms with E-state index < -0.39 is 0 Å². The number of anilines is 1. The predicted octanol–water partition coefficient (Wildman–Crippen LogP) is 1.56. The molecular formula is C16H22N2O2. The molecule has 3 rings (SSSR count). The van der Waals surface area contributed by atoms with Gasteiger partial charge in [0.2, 0.25) is 5.91 Å². The van der Waals surface area contributed by atoms with Gasteiger partial charge in [-0.25, -0.2) is 0 Å². The lowest BCUT2D eigenvalue weighted by Gasteiger charge is -2.36. The van der Waals surface area contributed by atoms with E-state index >= 15 is 0 Å². The van der Waals surface area contributed by atoms with Crippen LogP contribution in [0, 0.1) is 6.92 Å². The zero-order valence-corrected chi connectivity index (χ0v) is 12.0. The molecule has 4 heteroatoms. The fraction of sp³-hybridized carbons (Fsp3) is 0.562. The van der Waals surface area contributed by atoms with Crippen molar-refractivity contribution in [1.82, 2.24) is 4.90 Å². The molecule has 1 amide bonds.